The first-order valence-corrected chi connectivity index (χ1v) is 10.4. The molecule has 0 bridgehead atoms. The van der Waals surface area contributed by atoms with Gasteiger partial charge in [0.1, 0.15) is 12.4 Å². The highest BCUT2D eigenvalue weighted by Gasteiger charge is 2.31. The summed E-state index contributed by atoms with van der Waals surface area (Å²) in [6, 6.07) is 11.1. The maximum Gasteiger partial charge on any atom is 0.253 e. The lowest BCUT2D eigenvalue weighted by atomic mass is 9.95. The number of carbonyl (C=O) groups excluding carboxylic acids is 2. The van der Waals surface area contributed by atoms with E-state index < -0.39 is 0 Å². The van der Waals surface area contributed by atoms with Gasteiger partial charge < -0.3 is 14.5 Å². The number of nitrogens with zero attached hydrogens (tertiary/aromatic N) is 3. The molecule has 2 aromatic rings. The van der Waals surface area contributed by atoms with Crippen LogP contribution in [0.25, 0.3) is 0 Å². The van der Waals surface area contributed by atoms with Gasteiger partial charge in [-0.2, -0.15) is 0 Å². The van der Waals surface area contributed by atoms with Gasteiger partial charge in [-0.25, -0.2) is 0 Å². The molecule has 1 aromatic heterocycles. The summed E-state index contributed by atoms with van der Waals surface area (Å²) in [6.45, 7) is 3.46. The first-order valence-electron chi connectivity index (χ1n) is 10.4. The molecule has 4 rings (SSSR count). The van der Waals surface area contributed by atoms with Crippen molar-refractivity contribution >= 4 is 11.8 Å². The van der Waals surface area contributed by atoms with Gasteiger partial charge in [-0.3, -0.25) is 14.6 Å². The molecule has 0 radical (unpaired) electrons. The zero-order chi connectivity index (χ0) is 20.1. The lowest BCUT2D eigenvalue weighted by molar-refractivity contribution is -0.135. The van der Waals surface area contributed by atoms with Crippen molar-refractivity contribution in [2.24, 2.45) is 5.92 Å². The summed E-state index contributed by atoms with van der Waals surface area (Å²) in [5.74, 6) is 1.01. The number of rotatable bonds is 5. The molecule has 0 aliphatic carbocycles. The Morgan fingerprint density at radius 2 is 1.79 bits per heavy atom. The average Bonchev–Trinajstić information content (AvgIpc) is 3.33. The highest BCUT2D eigenvalue weighted by atomic mass is 16.5. The molecule has 2 aliphatic heterocycles. The topological polar surface area (TPSA) is 62.7 Å². The summed E-state index contributed by atoms with van der Waals surface area (Å²) >= 11 is 0. The van der Waals surface area contributed by atoms with Crippen molar-refractivity contribution in [1.82, 2.24) is 14.8 Å². The predicted octanol–water partition coefficient (Wildman–Crippen LogP) is 3.14. The molecule has 6 heteroatoms. The van der Waals surface area contributed by atoms with Gasteiger partial charge in [-0.05, 0) is 49.9 Å². The van der Waals surface area contributed by atoms with E-state index in [4.69, 9.17) is 4.74 Å². The Bertz CT molecular complexity index is 841. The van der Waals surface area contributed by atoms with Gasteiger partial charge in [0.2, 0.25) is 5.91 Å². The quantitative estimate of drug-likeness (QED) is 0.783. The maximum atomic E-state index is 12.9. The van der Waals surface area contributed by atoms with E-state index >= 15 is 0 Å². The Morgan fingerprint density at radius 1 is 1.00 bits per heavy atom. The van der Waals surface area contributed by atoms with Crippen molar-refractivity contribution in [3.8, 4) is 5.75 Å². The minimum Gasteiger partial charge on any atom is -0.489 e. The molecule has 0 atom stereocenters. The molecule has 29 heavy (non-hydrogen) atoms. The van der Waals surface area contributed by atoms with Crippen molar-refractivity contribution in [3.05, 3.63) is 59.9 Å². The Labute approximate surface area is 171 Å². The summed E-state index contributed by atoms with van der Waals surface area (Å²) in [6.07, 6.45) is 7.22. The number of likely N-dealkylation sites (tertiary alicyclic amines) is 2. The SMILES string of the molecule is O=C(c1cccc(OCc2cccnc2)c1)N1CCC(C(=O)N2CCCC2)CC1. The molecule has 6 nitrogen and oxygen atoms in total. The highest BCUT2D eigenvalue weighted by Crippen LogP contribution is 2.24. The summed E-state index contributed by atoms with van der Waals surface area (Å²) in [5.41, 5.74) is 1.60. The third-order valence-electron chi connectivity index (χ3n) is 5.76. The van der Waals surface area contributed by atoms with Gasteiger partial charge in [-0.1, -0.05) is 12.1 Å². The maximum absolute atomic E-state index is 12.9. The molecule has 3 heterocycles. The fraction of sp³-hybridized carbons (Fsp3) is 0.435. The first kappa shape index (κ1) is 19.4. The van der Waals surface area contributed by atoms with Gasteiger partial charge in [0.05, 0.1) is 0 Å². The Balaban J connectivity index is 1.32. The minimum atomic E-state index is 0.00361. The third-order valence-corrected chi connectivity index (χ3v) is 5.76. The zero-order valence-corrected chi connectivity index (χ0v) is 16.6. The van der Waals surface area contributed by atoms with Gasteiger partial charge in [0.25, 0.3) is 5.91 Å². The van der Waals surface area contributed by atoms with Crippen molar-refractivity contribution in [3.63, 3.8) is 0 Å². The van der Waals surface area contributed by atoms with E-state index in [2.05, 4.69) is 4.98 Å². The van der Waals surface area contributed by atoms with Gasteiger partial charge in [0.15, 0.2) is 0 Å². The van der Waals surface area contributed by atoms with Crippen LogP contribution in [0.2, 0.25) is 0 Å². The lowest BCUT2D eigenvalue weighted by Gasteiger charge is -2.33. The van der Waals surface area contributed by atoms with Crippen molar-refractivity contribution in [2.75, 3.05) is 26.2 Å². The number of piperidine rings is 1. The number of pyridine rings is 1. The molecule has 1 aromatic carbocycles. The minimum absolute atomic E-state index is 0.00361. The normalized spacial score (nSPS) is 17.4. The van der Waals surface area contributed by atoms with Crippen LogP contribution in [-0.4, -0.2) is 52.8 Å². The number of hydrogen-bond acceptors (Lipinski definition) is 4. The molecular weight excluding hydrogens is 366 g/mol. The second-order valence-corrected chi connectivity index (χ2v) is 7.78. The van der Waals surface area contributed by atoms with Crippen LogP contribution in [0, 0.1) is 5.92 Å². The highest BCUT2D eigenvalue weighted by molar-refractivity contribution is 5.94. The molecule has 2 aliphatic rings. The van der Waals surface area contributed by atoms with Gasteiger partial charge in [-0.15, -0.1) is 0 Å². The van der Waals surface area contributed by atoms with E-state index in [1.807, 2.05) is 40.1 Å². The van der Waals surface area contributed by atoms with Crippen LogP contribution >= 0.6 is 0 Å². The van der Waals surface area contributed by atoms with Crippen LogP contribution in [0.3, 0.4) is 0 Å². The monoisotopic (exact) mass is 393 g/mol. The lowest BCUT2D eigenvalue weighted by Crippen LogP contribution is -2.43. The number of aromatic nitrogens is 1. The van der Waals surface area contributed by atoms with Crippen molar-refractivity contribution in [2.45, 2.75) is 32.3 Å². The largest absolute Gasteiger partial charge is 0.489 e. The summed E-state index contributed by atoms with van der Waals surface area (Å²) in [4.78, 5) is 33.4. The van der Waals surface area contributed by atoms with Crippen LogP contribution in [0.15, 0.2) is 48.8 Å². The van der Waals surface area contributed by atoms with E-state index in [1.54, 1.807) is 18.5 Å². The zero-order valence-electron chi connectivity index (χ0n) is 16.6. The van der Waals surface area contributed by atoms with Crippen LogP contribution in [-0.2, 0) is 11.4 Å². The molecule has 0 saturated carbocycles. The van der Waals surface area contributed by atoms with E-state index in [-0.39, 0.29) is 17.7 Å². The second kappa shape index (κ2) is 9.07. The number of ether oxygens (including phenoxy) is 1. The Morgan fingerprint density at radius 3 is 2.52 bits per heavy atom. The molecule has 2 fully saturated rings. The molecule has 2 saturated heterocycles. The standard InChI is InChI=1S/C23H27N3O3/c27-22(25-11-1-2-12-25)19-8-13-26(14-9-19)23(28)20-6-3-7-21(15-20)29-17-18-5-4-10-24-16-18/h3-7,10,15-16,19H,1-2,8-9,11-14,17H2. The Kier molecular flexibility index (Phi) is 6.08. The van der Waals surface area contributed by atoms with E-state index in [1.165, 1.54) is 0 Å². The molecule has 152 valence electrons. The number of carbonyl (C=O) groups is 2. The average molecular weight is 393 g/mol. The number of hydrogen-bond donors (Lipinski definition) is 0. The Hall–Kier alpha value is -2.89. The van der Waals surface area contributed by atoms with Crippen LogP contribution in [0.5, 0.6) is 5.75 Å². The van der Waals surface area contributed by atoms with Crippen LogP contribution < -0.4 is 4.74 Å². The van der Waals surface area contributed by atoms with E-state index in [9.17, 15) is 9.59 Å². The van der Waals surface area contributed by atoms with Crippen LogP contribution in [0.4, 0.5) is 0 Å². The van der Waals surface area contributed by atoms with Crippen LogP contribution in [0.1, 0.15) is 41.6 Å². The van der Waals surface area contributed by atoms with Crippen molar-refractivity contribution < 1.29 is 14.3 Å². The van der Waals surface area contributed by atoms with E-state index in [0.717, 1.165) is 44.3 Å². The fourth-order valence-corrected chi connectivity index (χ4v) is 4.08. The predicted molar refractivity (Wildman–Crippen MR) is 109 cm³/mol. The number of benzene rings is 1. The summed E-state index contributed by atoms with van der Waals surface area (Å²) < 4.78 is 5.81. The molecule has 0 N–H and O–H groups in total. The second-order valence-electron chi connectivity index (χ2n) is 7.78. The van der Waals surface area contributed by atoms with Crippen molar-refractivity contribution in [1.29, 1.82) is 0 Å². The first-order chi connectivity index (χ1) is 14.2. The molecule has 0 spiro atoms. The fourth-order valence-electron chi connectivity index (χ4n) is 4.08. The third kappa shape index (κ3) is 4.75. The van der Waals surface area contributed by atoms with Gasteiger partial charge in [0, 0.05) is 55.6 Å². The van der Waals surface area contributed by atoms with Gasteiger partial charge >= 0.3 is 0 Å². The summed E-state index contributed by atoms with van der Waals surface area (Å²) in [5, 5.41) is 0. The summed E-state index contributed by atoms with van der Waals surface area (Å²) in [7, 11) is 0. The molecule has 2 amide bonds. The smallest absolute Gasteiger partial charge is 0.253 e. The molecule has 0 unspecified atom stereocenters. The number of amides is 2. The van der Waals surface area contributed by atoms with E-state index in [0.29, 0.717) is 31.0 Å². The molecular formula is C23H27N3O3.